The second-order valence-corrected chi connectivity index (χ2v) is 6.97. The van der Waals surface area contributed by atoms with E-state index in [-0.39, 0.29) is 5.91 Å². The number of amides is 2. The Morgan fingerprint density at radius 1 is 1.29 bits per heavy atom. The number of carbonyl (C=O) groups excluding carboxylic acids is 2. The molecule has 2 amide bonds. The van der Waals surface area contributed by atoms with Crippen LogP contribution in [0.5, 0.6) is 0 Å². The molecule has 5 nitrogen and oxygen atoms in total. The summed E-state index contributed by atoms with van der Waals surface area (Å²) in [6.07, 6.45) is 0. The number of aryl methyl sites for hydroxylation is 1. The molecule has 0 aliphatic carbocycles. The highest BCUT2D eigenvalue weighted by molar-refractivity contribution is 7.17. The van der Waals surface area contributed by atoms with E-state index < -0.39 is 5.91 Å². The van der Waals surface area contributed by atoms with E-state index in [0.717, 1.165) is 16.1 Å². The Labute approximate surface area is 147 Å². The lowest BCUT2D eigenvalue weighted by molar-refractivity contribution is 0.0953. The topological polar surface area (TPSA) is 85.1 Å². The molecule has 0 saturated heterocycles. The maximum atomic E-state index is 12.4. The summed E-state index contributed by atoms with van der Waals surface area (Å²) in [6, 6.07) is 8.89. The molecule has 0 bridgehead atoms. The first-order valence-corrected chi connectivity index (χ1v) is 8.97. The van der Waals surface area contributed by atoms with E-state index in [0.29, 0.717) is 22.7 Å². The third-order valence-corrected chi connectivity index (χ3v) is 5.32. The predicted molar refractivity (Wildman–Crippen MR) is 96.3 cm³/mol. The smallest absolute Gasteiger partial charge is 0.263 e. The van der Waals surface area contributed by atoms with Crippen LogP contribution in [0.3, 0.4) is 0 Å². The average Bonchev–Trinajstić information content (AvgIpc) is 3.22. The highest BCUT2D eigenvalue weighted by atomic mass is 32.1. The molecular weight excluding hydrogens is 342 g/mol. The van der Waals surface area contributed by atoms with Gasteiger partial charge in [-0.2, -0.15) is 11.3 Å². The summed E-state index contributed by atoms with van der Waals surface area (Å²) >= 11 is 2.98. The molecule has 24 heavy (non-hydrogen) atoms. The normalized spacial score (nSPS) is 10.5. The summed E-state index contributed by atoms with van der Waals surface area (Å²) in [7, 11) is 0. The summed E-state index contributed by atoms with van der Waals surface area (Å²) in [4.78, 5) is 28.7. The second kappa shape index (κ2) is 6.94. The first-order chi connectivity index (χ1) is 11.5. The van der Waals surface area contributed by atoms with Crippen LogP contribution in [0.2, 0.25) is 0 Å². The molecule has 0 spiro atoms. The minimum Gasteiger partial charge on any atom is -0.366 e. The molecule has 0 fully saturated rings. The average molecular weight is 357 g/mol. The Morgan fingerprint density at radius 2 is 2.12 bits per heavy atom. The van der Waals surface area contributed by atoms with Gasteiger partial charge < -0.3 is 11.1 Å². The number of hydrogen-bond donors (Lipinski definition) is 2. The number of thiophene rings is 1. The zero-order valence-corrected chi connectivity index (χ0v) is 14.5. The van der Waals surface area contributed by atoms with Gasteiger partial charge in [0.15, 0.2) is 0 Å². The van der Waals surface area contributed by atoms with E-state index in [1.807, 2.05) is 29.8 Å². The predicted octanol–water partition coefficient (Wildman–Crippen LogP) is 3.21. The highest BCUT2D eigenvalue weighted by Crippen LogP contribution is 2.29. The van der Waals surface area contributed by atoms with Crippen LogP contribution in [-0.2, 0) is 6.54 Å². The van der Waals surface area contributed by atoms with E-state index in [9.17, 15) is 9.59 Å². The van der Waals surface area contributed by atoms with Crippen LogP contribution in [0.15, 0.2) is 41.1 Å². The molecule has 122 valence electrons. The van der Waals surface area contributed by atoms with Crippen LogP contribution in [0.25, 0.3) is 10.6 Å². The van der Waals surface area contributed by atoms with Crippen LogP contribution in [0, 0.1) is 6.92 Å². The standard InChI is InChI=1S/C17H15N3O2S2/c1-10-14(24-17(20-10)13-5-6-23-9-13)16(22)19-8-11-3-2-4-12(7-11)15(18)21/h2-7,9H,8H2,1H3,(H2,18,21)(H,19,22). The molecule has 0 saturated carbocycles. The molecule has 2 aromatic heterocycles. The maximum Gasteiger partial charge on any atom is 0.263 e. The van der Waals surface area contributed by atoms with E-state index in [4.69, 9.17) is 5.73 Å². The summed E-state index contributed by atoms with van der Waals surface area (Å²) in [5.41, 5.74) is 8.25. The summed E-state index contributed by atoms with van der Waals surface area (Å²) in [5.74, 6) is -0.655. The van der Waals surface area contributed by atoms with Crippen molar-refractivity contribution in [2.45, 2.75) is 13.5 Å². The number of aromatic nitrogens is 1. The molecule has 0 unspecified atom stereocenters. The molecule has 0 aliphatic heterocycles. The van der Waals surface area contributed by atoms with Gasteiger partial charge >= 0.3 is 0 Å². The van der Waals surface area contributed by atoms with Crippen molar-refractivity contribution in [3.05, 3.63) is 62.8 Å². The van der Waals surface area contributed by atoms with Gasteiger partial charge in [0.25, 0.3) is 5.91 Å². The fourth-order valence-corrected chi connectivity index (χ4v) is 3.91. The van der Waals surface area contributed by atoms with Gasteiger partial charge in [-0.1, -0.05) is 12.1 Å². The second-order valence-electron chi connectivity index (χ2n) is 5.19. The van der Waals surface area contributed by atoms with Gasteiger partial charge in [0.1, 0.15) is 9.88 Å². The molecule has 3 aromatic rings. The minimum atomic E-state index is -0.484. The number of rotatable bonds is 5. The molecule has 0 radical (unpaired) electrons. The number of benzene rings is 1. The largest absolute Gasteiger partial charge is 0.366 e. The Bertz CT molecular complexity index is 885. The zero-order chi connectivity index (χ0) is 17.1. The van der Waals surface area contributed by atoms with Gasteiger partial charge in [-0.25, -0.2) is 4.98 Å². The van der Waals surface area contributed by atoms with Crippen LogP contribution in [0.4, 0.5) is 0 Å². The SMILES string of the molecule is Cc1nc(-c2ccsc2)sc1C(=O)NCc1cccc(C(N)=O)c1. The van der Waals surface area contributed by atoms with E-state index >= 15 is 0 Å². The number of nitrogens with one attached hydrogen (secondary N) is 1. The number of primary amides is 1. The van der Waals surface area contributed by atoms with Gasteiger partial charge in [-0.05, 0) is 36.1 Å². The van der Waals surface area contributed by atoms with Gasteiger partial charge in [-0.15, -0.1) is 11.3 Å². The van der Waals surface area contributed by atoms with Gasteiger partial charge in [-0.3, -0.25) is 9.59 Å². The first kappa shape index (κ1) is 16.4. The first-order valence-electron chi connectivity index (χ1n) is 7.21. The van der Waals surface area contributed by atoms with Gasteiger partial charge in [0, 0.05) is 23.1 Å². The molecule has 3 rings (SSSR count). The number of carbonyl (C=O) groups is 2. The third kappa shape index (κ3) is 3.52. The fraction of sp³-hybridized carbons (Fsp3) is 0.118. The van der Waals surface area contributed by atoms with Crippen molar-refractivity contribution >= 4 is 34.5 Å². The maximum absolute atomic E-state index is 12.4. The lowest BCUT2D eigenvalue weighted by Crippen LogP contribution is -2.23. The number of nitrogens with zero attached hydrogens (tertiary/aromatic N) is 1. The lowest BCUT2D eigenvalue weighted by atomic mass is 10.1. The quantitative estimate of drug-likeness (QED) is 0.735. The molecular formula is C17H15N3O2S2. The Kier molecular flexibility index (Phi) is 4.73. The van der Waals surface area contributed by atoms with Crippen LogP contribution < -0.4 is 11.1 Å². The third-order valence-electron chi connectivity index (χ3n) is 3.44. The summed E-state index contributed by atoms with van der Waals surface area (Å²) in [6.45, 7) is 2.15. The number of hydrogen-bond acceptors (Lipinski definition) is 5. The highest BCUT2D eigenvalue weighted by Gasteiger charge is 2.16. The van der Waals surface area contributed by atoms with Crippen molar-refractivity contribution in [3.8, 4) is 10.6 Å². The van der Waals surface area contributed by atoms with Crippen LogP contribution >= 0.6 is 22.7 Å². The Hall–Kier alpha value is -2.51. The fourth-order valence-electron chi connectivity index (χ4n) is 2.21. The van der Waals surface area contributed by atoms with Gasteiger partial charge in [0.05, 0.1) is 5.69 Å². The van der Waals surface area contributed by atoms with E-state index in [1.54, 1.807) is 29.5 Å². The summed E-state index contributed by atoms with van der Waals surface area (Å²) in [5, 5.41) is 7.70. The number of nitrogens with two attached hydrogens (primary N) is 1. The monoisotopic (exact) mass is 357 g/mol. The van der Waals surface area contributed by atoms with E-state index in [1.165, 1.54) is 11.3 Å². The Balaban J connectivity index is 1.72. The van der Waals surface area contributed by atoms with Gasteiger partial charge in [0.2, 0.25) is 5.91 Å². The van der Waals surface area contributed by atoms with Crippen molar-refractivity contribution in [2.24, 2.45) is 5.73 Å². The lowest BCUT2D eigenvalue weighted by Gasteiger charge is -2.05. The molecule has 1 aromatic carbocycles. The van der Waals surface area contributed by atoms with Crippen LogP contribution in [-0.4, -0.2) is 16.8 Å². The summed E-state index contributed by atoms with van der Waals surface area (Å²) < 4.78 is 0. The van der Waals surface area contributed by atoms with Crippen molar-refractivity contribution in [2.75, 3.05) is 0 Å². The minimum absolute atomic E-state index is 0.170. The van der Waals surface area contributed by atoms with Crippen molar-refractivity contribution in [3.63, 3.8) is 0 Å². The van der Waals surface area contributed by atoms with Crippen molar-refractivity contribution in [1.29, 1.82) is 0 Å². The molecule has 0 aliphatic rings. The van der Waals surface area contributed by atoms with Crippen molar-refractivity contribution < 1.29 is 9.59 Å². The van der Waals surface area contributed by atoms with Crippen LogP contribution in [0.1, 0.15) is 31.3 Å². The Morgan fingerprint density at radius 3 is 2.83 bits per heavy atom. The molecule has 3 N–H and O–H groups in total. The molecule has 0 atom stereocenters. The van der Waals surface area contributed by atoms with Crippen molar-refractivity contribution in [1.82, 2.24) is 10.3 Å². The molecule has 7 heteroatoms. The zero-order valence-electron chi connectivity index (χ0n) is 12.9. The van der Waals surface area contributed by atoms with E-state index in [2.05, 4.69) is 10.3 Å². The molecule has 2 heterocycles. The number of thiazole rings is 1.